The maximum Gasteiger partial charge on any atom is 0.410 e. The molecule has 0 aromatic carbocycles. The Morgan fingerprint density at radius 1 is 1.53 bits per heavy atom. The van der Waals surface area contributed by atoms with Crippen LogP contribution in [0.1, 0.15) is 26.7 Å². The van der Waals surface area contributed by atoms with E-state index in [1.165, 1.54) is 7.11 Å². The molecule has 1 unspecified atom stereocenters. The van der Waals surface area contributed by atoms with Crippen molar-refractivity contribution >= 4 is 12.0 Å². The minimum absolute atomic E-state index is 0.0671. The summed E-state index contributed by atoms with van der Waals surface area (Å²) in [5.74, 6) is 0.0671. The summed E-state index contributed by atoms with van der Waals surface area (Å²) >= 11 is 0. The van der Waals surface area contributed by atoms with Crippen LogP contribution in [0.15, 0.2) is 0 Å². The third kappa shape index (κ3) is 1.46. The van der Waals surface area contributed by atoms with E-state index in [0.29, 0.717) is 13.0 Å². The minimum Gasteiger partial charge on any atom is -0.453 e. The number of carbonyl (C=O) groups is 2. The van der Waals surface area contributed by atoms with E-state index >= 15 is 0 Å². The first-order valence-electron chi connectivity index (χ1n) is 5.05. The summed E-state index contributed by atoms with van der Waals surface area (Å²) < 4.78 is 4.73. The largest absolute Gasteiger partial charge is 0.453 e. The Morgan fingerprint density at radius 3 is 2.60 bits per heavy atom. The van der Waals surface area contributed by atoms with Crippen molar-refractivity contribution in [2.24, 2.45) is 0 Å². The molecule has 5 heteroatoms. The number of hydrogen-bond acceptors (Lipinski definition) is 3. The first kappa shape index (κ1) is 10.3. The van der Waals surface area contributed by atoms with Crippen molar-refractivity contribution < 1.29 is 14.3 Å². The van der Waals surface area contributed by atoms with Gasteiger partial charge in [-0.25, -0.2) is 4.79 Å². The number of methoxy groups -OCH3 is 1. The lowest BCUT2D eigenvalue weighted by molar-refractivity contribution is -0.132. The maximum absolute atomic E-state index is 11.5. The second kappa shape index (κ2) is 2.87. The molecule has 5 nitrogen and oxygen atoms in total. The first-order valence-corrected chi connectivity index (χ1v) is 5.05. The molecule has 0 aromatic heterocycles. The van der Waals surface area contributed by atoms with Crippen LogP contribution in [0.3, 0.4) is 0 Å². The van der Waals surface area contributed by atoms with Crippen LogP contribution in [0, 0.1) is 0 Å². The molecule has 0 radical (unpaired) electrons. The molecule has 2 fully saturated rings. The van der Waals surface area contributed by atoms with Gasteiger partial charge in [0.05, 0.1) is 19.1 Å². The Morgan fingerprint density at radius 2 is 2.13 bits per heavy atom. The van der Waals surface area contributed by atoms with Gasteiger partial charge in [-0.15, -0.1) is 0 Å². The molecule has 0 aromatic rings. The summed E-state index contributed by atoms with van der Waals surface area (Å²) in [5, 5.41) is 2.89. The average molecular weight is 212 g/mol. The topological polar surface area (TPSA) is 58.6 Å². The quantitative estimate of drug-likeness (QED) is 0.595. The third-order valence-electron chi connectivity index (χ3n) is 3.26. The van der Waals surface area contributed by atoms with Gasteiger partial charge >= 0.3 is 6.09 Å². The molecule has 1 atom stereocenters. The Kier molecular flexibility index (Phi) is 1.96. The summed E-state index contributed by atoms with van der Waals surface area (Å²) in [5.41, 5.74) is -0.449. The Balaban J connectivity index is 2.15. The molecule has 2 saturated heterocycles. The third-order valence-corrected chi connectivity index (χ3v) is 3.26. The fourth-order valence-corrected chi connectivity index (χ4v) is 2.70. The van der Waals surface area contributed by atoms with E-state index in [9.17, 15) is 9.59 Å². The number of nitrogens with one attached hydrogen (secondary N) is 1. The van der Waals surface area contributed by atoms with Crippen LogP contribution < -0.4 is 5.32 Å². The van der Waals surface area contributed by atoms with E-state index in [-0.39, 0.29) is 23.1 Å². The minimum atomic E-state index is -0.321. The molecule has 2 aliphatic rings. The smallest absolute Gasteiger partial charge is 0.410 e. The van der Waals surface area contributed by atoms with Gasteiger partial charge in [0, 0.05) is 12.1 Å². The summed E-state index contributed by atoms with van der Waals surface area (Å²) in [4.78, 5) is 24.2. The Labute approximate surface area is 88.8 Å². The van der Waals surface area contributed by atoms with Crippen LogP contribution >= 0.6 is 0 Å². The molecule has 0 saturated carbocycles. The van der Waals surface area contributed by atoms with Gasteiger partial charge in [-0.1, -0.05) is 0 Å². The molecule has 84 valence electrons. The van der Waals surface area contributed by atoms with Crippen molar-refractivity contribution in [2.45, 2.75) is 37.8 Å². The van der Waals surface area contributed by atoms with E-state index in [4.69, 9.17) is 4.74 Å². The number of nitrogens with zero attached hydrogens (tertiary/aromatic N) is 1. The number of rotatable bonds is 0. The van der Waals surface area contributed by atoms with Gasteiger partial charge in [0.2, 0.25) is 5.91 Å². The molecule has 2 aliphatic heterocycles. The van der Waals surface area contributed by atoms with Crippen LogP contribution in [-0.2, 0) is 9.53 Å². The lowest BCUT2D eigenvalue weighted by atomic mass is 9.82. The van der Waals surface area contributed by atoms with Crippen molar-refractivity contribution in [1.29, 1.82) is 0 Å². The molecule has 2 rings (SSSR count). The lowest BCUT2D eigenvalue weighted by Gasteiger charge is -2.38. The maximum atomic E-state index is 11.5. The molecule has 2 heterocycles. The molecule has 15 heavy (non-hydrogen) atoms. The first-order chi connectivity index (χ1) is 6.88. The van der Waals surface area contributed by atoms with Crippen molar-refractivity contribution in [3.8, 4) is 0 Å². The van der Waals surface area contributed by atoms with Gasteiger partial charge in [-0.2, -0.15) is 0 Å². The van der Waals surface area contributed by atoms with Crippen molar-refractivity contribution in [3.05, 3.63) is 0 Å². The summed E-state index contributed by atoms with van der Waals surface area (Å²) in [6.07, 6.45) is 0.989. The van der Waals surface area contributed by atoms with Gasteiger partial charge in [0.15, 0.2) is 0 Å². The summed E-state index contributed by atoms with van der Waals surface area (Å²) in [6, 6.07) is 0. The van der Waals surface area contributed by atoms with Crippen LogP contribution in [0.25, 0.3) is 0 Å². The van der Waals surface area contributed by atoms with Gasteiger partial charge in [-0.05, 0) is 20.3 Å². The van der Waals surface area contributed by atoms with Gasteiger partial charge < -0.3 is 15.0 Å². The molecule has 2 amide bonds. The summed E-state index contributed by atoms with van der Waals surface area (Å²) in [6.45, 7) is 4.53. The molecule has 1 spiro atoms. The standard InChI is InChI=1S/C10H16N2O3/c1-9(2)5-10(4-7(13)11-10)6-12(9)8(14)15-3/h4-6H2,1-3H3,(H,11,13). The molecule has 0 aliphatic carbocycles. The number of hydrogen-bond donors (Lipinski definition) is 1. The zero-order valence-corrected chi connectivity index (χ0v) is 9.29. The highest BCUT2D eigenvalue weighted by atomic mass is 16.5. The monoisotopic (exact) mass is 212 g/mol. The SMILES string of the molecule is COC(=O)N1CC2(CC(=O)N2)CC1(C)C. The van der Waals surface area contributed by atoms with E-state index in [2.05, 4.69) is 5.32 Å². The predicted molar refractivity (Wildman–Crippen MR) is 53.3 cm³/mol. The van der Waals surface area contributed by atoms with Gasteiger partial charge in [0.1, 0.15) is 0 Å². The number of amides is 2. The second-order valence-corrected chi connectivity index (χ2v) is 5.05. The molecule has 0 bridgehead atoms. The van der Waals surface area contributed by atoms with E-state index in [1.807, 2.05) is 13.8 Å². The molecule has 1 N–H and O–H groups in total. The Hall–Kier alpha value is -1.26. The highest BCUT2D eigenvalue weighted by molar-refractivity contribution is 5.85. The van der Waals surface area contributed by atoms with E-state index < -0.39 is 0 Å². The fraction of sp³-hybridized carbons (Fsp3) is 0.800. The number of β-lactam (4-membered cyclic amide) rings is 1. The summed E-state index contributed by atoms with van der Waals surface area (Å²) in [7, 11) is 1.38. The highest BCUT2D eigenvalue weighted by Gasteiger charge is 2.56. The van der Waals surface area contributed by atoms with E-state index in [0.717, 1.165) is 6.42 Å². The second-order valence-electron chi connectivity index (χ2n) is 5.05. The zero-order valence-electron chi connectivity index (χ0n) is 9.29. The average Bonchev–Trinajstić information content (AvgIpc) is 2.36. The normalized spacial score (nSPS) is 32.5. The van der Waals surface area contributed by atoms with Crippen molar-refractivity contribution in [2.75, 3.05) is 13.7 Å². The zero-order chi connectivity index (χ0) is 11.3. The predicted octanol–water partition coefficient (Wildman–Crippen LogP) is 0.496. The fourth-order valence-electron chi connectivity index (χ4n) is 2.70. The van der Waals surface area contributed by atoms with Crippen LogP contribution in [0.4, 0.5) is 4.79 Å². The van der Waals surface area contributed by atoms with Crippen molar-refractivity contribution in [1.82, 2.24) is 10.2 Å². The highest BCUT2D eigenvalue weighted by Crippen LogP contribution is 2.41. The van der Waals surface area contributed by atoms with Gasteiger partial charge in [0.25, 0.3) is 0 Å². The lowest BCUT2D eigenvalue weighted by Crippen LogP contribution is -2.62. The van der Waals surface area contributed by atoms with Crippen LogP contribution in [0.5, 0.6) is 0 Å². The number of likely N-dealkylation sites (tertiary alicyclic amines) is 1. The van der Waals surface area contributed by atoms with E-state index in [1.54, 1.807) is 4.90 Å². The van der Waals surface area contributed by atoms with Crippen LogP contribution in [-0.4, -0.2) is 41.6 Å². The van der Waals surface area contributed by atoms with Crippen molar-refractivity contribution in [3.63, 3.8) is 0 Å². The number of ether oxygens (including phenoxy) is 1. The molecular formula is C10H16N2O3. The van der Waals surface area contributed by atoms with Gasteiger partial charge in [-0.3, -0.25) is 4.79 Å². The van der Waals surface area contributed by atoms with Crippen LogP contribution in [0.2, 0.25) is 0 Å². The number of carbonyl (C=O) groups excluding carboxylic acids is 2. The molecular weight excluding hydrogens is 196 g/mol. The Bertz CT molecular complexity index is 317.